The van der Waals surface area contributed by atoms with Gasteiger partial charge < -0.3 is 15.3 Å². The monoisotopic (exact) mass is 205 g/mol. The first kappa shape index (κ1) is 12.5. The lowest BCUT2D eigenvalue weighted by molar-refractivity contribution is 0.241. The highest BCUT2D eigenvalue weighted by Crippen LogP contribution is 2.18. The molecule has 4 heteroatoms. The van der Waals surface area contributed by atoms with Crippen LogP contribution < -0.4 is 5.73 Å². The van der Waals surface area contributed by atoms with E-state index in [0.717, 1.165) is 18.6 Å². The zero-order valence-electron chi connectivity index (χ0n) is 7.69. The first-order valence-corrected chi connectivity index (χ1v) is 4.23. The van der Waals surface area contributed by atoms with Crippen LogP contribution in [-0.4, -0.2) is 5.11 Å². The van der Waals surface area contributed by atoms with E-state index in [4.69, 9.17) is 15.3 Å². The second kappa shape index (κ2) is 6.02. The maximum absolute atomic E-state index is 8.73. The molecule has 0 bridgehead atoms. The predicted octanol–water partition coefficient (Wildman–Crippen LogP) is 1.99. The Morgan fingerprint density at radius 3 is 2.69 bits per heavy atom. The molecule has 0 aliphatic rings. The summed E-state index contributed by atoms with van der Waals surface area (Å²) in [5.74, 6) is 1.34. The summed E-state index contributed by atoms with van der Waals surface area (Å²) >= 11 is 0. The fourth-order valence-electron chi connectivity index (χ4n) is 1.13. The van der Waals surface area contributed by atoms with Gasteiger partial charge in [-0.1, -0.05) is 13.3 Å². The van der Waals surface area contributed by atoms with Gasteiger partial charge in [0.2, 0.25) is 0 Å². The van der Waals surface area contributed by atoms with Gasteiger partial charge in [-0.15, -0.1) is 12.4 Å². The molecule has 1 heterocycles. The van der Waals surface area contributed by atoms with E-state index in [9.17, 15) is 0 Å². The lowest BCUT2D eigenvalue weighted by Crippen LogP contribution is -2.08. The molecule has 0 fully saturated rings. The zero-order valence-corrected chi connectivity index (χ0v) is 8.51. The van der Waals surface area contributed by atoms with Crippen LogP contribution >= 0.6 is 12.4 Å². The number of aliphatic hydroxyl groups is 1. The Morgan fingerprint density at radius 1 is 1.54 bits per heavy atom. The van der Waals surface area contributed by atoms with Gasteiger partial charge in [0, 0.05) is 0 Å². The van der Waals surface area contributed by atoms with Crippen LogP contribution in [0.1, 0.15) is 37.3 Å². The molecule has 0 aromatic carbocycles. The fraction of sp³-hybridized carbons (Fsp3) is 0.556. The summed E-state index contributed by atoms with van der Waals surface area (Å²) in [7, 11) is 0. The van der Waals surface area contributed by atoms with Crippen LogP contribution in [0.5, 0.6) is 0 Å². The molecule has 0 aliphatic heterocycles. The summed E-state index contributed by atoms with van der Waals surface area (Å²) in [6, 6.07) is 3.55. The Balaban J connectivity index is 0.00000144. The molecule has 0 saturated carbocycles. The molecule has 0 aliphatic carbocycles. The van der Waals surface area contributed by atoms with Gasteiger partial charge >= 0.3 is 0 Å². The number of halogens is 1. The summed E-state index contributed by atoms with van der Waals surface area (Å²) < 4.78 is 5.27. The molecule has 0 unspecified atom stereocenters. The molecule has 1 atom stereocenters. The molecule has 0 spiro atoms. The summed E-state index contributed by atoms with van der Waals surface area (Å²) in [4.78, 5) is 0. The number of rotatable bonds is 4. The molecule has 1 aromatic rings. The SMILES string of the molecule is CCC[C@@H](N)c1ccc(CO)o1.Cl. The Kier molecular flexibility index (Phi) is 5.79. The average Bonchev–Trinajstić information content (AvgIpc) is 2.52. The van der Waals surface area contributed by atoms with Crippen LogP contribution in [0.4, 0.5) is 0 Å². The minimum atomic E-state index is -0.0567. The van der Waals surface area contributed by atoms with E-state index in [1.807, 2.05) is 6.07 Å². The van der Waals surface area contributed by atoms with Gasteiger partial charge in [0.25, 0.3) is 0 Å². The van der Waals surface area contributed by atoms with Gasteiger partial charge in [-0.2, -0.15) is 0 Å². The summed E-state index contributed by atoms with van der Waals surface area (Å²) in [5, 5.41) is 8.73. The van der Waals surface area contributed by atoms with Crippen LogP contribution in [0.3, 0.4) is 0 Å². The molecule has 1 rings (SSSR count). The standard InChI is InChI=1S/C9H15NO2.ClH/c1-2-3-8(10)9-5-4-7(6-11)12-9;/h4-5,8,11H,2-3,6,10H2,1H3;1H/t8-;/m1./s1. The van der Waals surface area contributed by atoms with Gasteiger partial charge in [0.05, 0.1) is 6.04 Å². The van der Waals surface area contributed by atoms with E-state index in [1.165, 1.54) is 0 Å². The van der Waals surface area contributed by atoms with Crippen molar-refractivity contribution in [3.05, 3.63) is 23.7 Å². The Labute approximate surface area is 84.3 Å². The number of hydrogen-bond donors (Lipinski definition) is 2. The third-order valence-corrected chi connectivity index (χ3v) is 1.80. The van der Waals surface area contributed by atoms with Crippen molar-refractivity contribution < 1.29 is 9.52 Å². The largest absolute Gasteiger partial charge is 0.462 e. The van der Waals surface area contributed by atoms with Gasteiger partial charge in [-0.3, -0.25) is 0 Å². The Bertz CT molecular complexity index is 237. The van der Waals surface area contributed by atoms with Crippen LogP contribution in [0, 0.1) is 0 Å². The first-order chi connectivity index (χ1) is 5.77. The molecule has 3 N–H and O–H groups in total. The number of nitrogens with two attached hydrogens (primary N) is 1. The molecule has 1 aromatic heterocycles. The van der Waals surface area contributed by atoms with E-state index >= 15 is 0 Å². The maximum Gasteiger partial charge on any atom is 0.129 e. The second-order valence-electron chi connectivity index (χ2n) is 2.86. The molecule has 76 valence electrons. The molecule has 3 nitrogen and oxygen atoms in total. The Morgan fingerprint density at radius 2 is 2.23 bits per heavy atom. The molecular formula is C9H16ClNO2. The quantitative estimate of drug-likeness (QED) is 0.791. The topological polar surface area (TPSA) is 59.4 Å². The lowest BCUT2D eigenvalue weighted by atomic mass is 10.1. The van der Waals surface area contributed by atoms with Crippen LogP contribution in [0.25, 0.3) is 0 Å². The summed E-state index contributed by atoms with van der Waals surface area (Å²) in [6.45, 7) is 2.02. The number of aliphatic hydroxyl groups excluding tert-OH is 1. The first-order valence-electron chi connectivity index (χ1n) is 4.23. The molecular weight excluding hydrogens is 190 g/mol. The van der Waals surface area contributed by atoms with Gasteiger partial charge in [0.15, 0.2) is 0 Å². The highest BCUT2D eigenvalue weighted by molar-refractivity contribution is 5.85. The van der Waals surface area contributed by atoms with Crippen LogP contribution in [0.15, 0.2) is 16.5 Å². The molecule has 0 radical (unpaired) electrons. The van der Waals surface area contributed by atoms with Crippen molar-refractivity contribution in [2.45, 2.75) is 32.4 Å². The van der Waals surface area contributed by atoms with Crippen molar-refractivity contribution in [2.24, 2.45) is 5.73 Å². The van der Waals surface area contributed by atoms with Crippen molar-refractivity contribution in [3.63, 3.8) is 0 Å². The van der Waals surface area contributed by atoms with Gasteiger partial charge in [-0.05, 0) is 18.6 Å². The summed E-state index contributed by atoms with van der Waals surface area (Å²) in [6.07, 6.45) is 1.95. The van der Waals surface area contributed by atoms with Crippen molar-refractivity contribution in [1.82, 2.24) is 0 Å². The van der Waals surface area contributed by atoms with Crippen molar-refractivity contribution in [3.8, 4) is 0 Å². The third-order valence-electron chi connectivity index (χ3n) is 1.80. The van der Waals surface area contributed by atoms with Crippen molar-refractivity contribution in [2.75, 3.05) is 0 Å². The third kappa shape index (κ3) is 3.38. The molecule has 13 heavy (non-hydrogen) atoms. The van der Waals surface area contributed by atoms with E-state index in [1.54, 1.807) is 6.07 Å². The lowest BCUT2D eigenvalue weighted by Gasteiger charge is -2.05. The summed E-state index contributed by atoms with van der Waals surface area (Å²) in [5.41, 5.74) is 5.80. The van der Waals surface area contributed by atoms with Crippen LogP contribution in [-0.2, 0) is 6.61 Å². The zero-order chi connectivity index (χ0) is 8.97. The fourth-order valence-corrected chi connectivity index (χ4v) is 1.13. The minimum absolute atomic E-state index is 0. The highest BCUT2D eigenvalue weighted by Gasteiger charge is 2.08. The number of furan rings is 1. The highest BCUT2D eigenvalue weighted by atomic mass is 35.5. The van der Waals surface area contributed by atoms with E-state index < -0.39 is 0 Å². The average molecular weight is 206 g/mol. The van der Waals surface area contributed by atoms with Gasteiger partial charge in [0.1, 0.15) is 18.1 Å². The van der Waals surface area contributed by atoms with E-state index in [0.29, 0.717) is 5.76 Å². The predicted molar refractivity (Wildman–Crippen MR) is 53.7 cm³/mol. The minimum Gasteiger partial charge on any atom is -0.462 e. The second-order valence-corrected chi connectivity index (χ2v) is 2.86. The van der Waals surface area contributed by atoms with Gasteiger partial charge in [-0.25, -0.2) is 0 Å². The normalized spacial score (nSPS) is 12.2. The molecule has 0 saturated heterocycles. The van der Waals surface area contributed by atoms with Crippen molar-refractivity contribution in [1.29, 1.82) is 0 Å². The van der Waals surface area contributed by atoms with Crippen molar-refractivity contribution >= 4 is 12.4 Å². The Hall–Kier alpha value is -0.510. The number of hydrogen-bond acceptors (Lipinski definition) is 3. The smallest absolute Gasteiger partial charge is 0.129 e. The van der Waals surface area contributed by atoms with E-state index in [2.05, 4.69) is 6.92 Å². The van der Waals surface area contributed by atoms with Crippen LogP contribution in [0.2, 0.25) is 0 Å². The maximum atomic E-state index is 8.73. The van der Waals surface area contributed by atoms with E-state index in [-0.39, 0.29) is 25.1 Å². The molecule has 0 amide bonds.